The maximum absolute atomic E-state index is 6.36. The molecule has 2 heteroatoms. The molecule has 2 aliphatic rings. The number of fused-ring (bicyclic) bond motifs is 2. The molecule has 1 aliphatic heterocycles. The Morgan fingerprint density at radius 3 is 2.83 bits per heavy atom. The van der Waals surface area contributed by atoms with Gasteiger partial charge < -0.3 is 5.73 Å². The van der Waals surface area contributed by atoms with Crippen molar-refractivity contribution in [2.75, 3.05) is 0 Å². The summed E-state index contributed by atoms with van der Waals surface area (Å²) in [5, 5.41) is 0. The summed E-state index contributed by atoms with van der Waals surface area (Å²) < 4.78 is 0. The third-order valence-electron chi connectivity index (χ3n) is 4.07. The Morgan fingerprint density at radius 1 is 1.28 bits per heavy atom. The molecule has 0 bridgehead atoms. The van der Waals surface area contributed by atoms with E-state index in [1.54, 1.807) is 0 Å². The van der Waals surface area contributed by atoms with Gasteiger partial charge in [0.1, 0.15) is 0 Å². The number of benzene rings is 1. The molecule has 2 nitrogen and oxygen atoms in total. The van der Waals surface area contributed by atoms with Crippen molar-refractivity contribution in [3.8, 4) is 0 Å². The number of aliphatic imine (C=N–C) groups is 1. The van der Waals surface area contributed by atoms with E-state index in [0.29, 0.717) is 5.92 Å². The summed E-state index contributed by atoms with van der Waals surface area (Å²) >= 11 is 0. The average Bonchev–Trinajstić information content (AvgIpc) is 2.36. The summed E-state index contributed by atoms with van der Waals surface area (Å²) in [4.78, 5) is 4.85. The lowest BCUT2D eigenvalue weighted by Gasteiger charge is -2.36. The van der Waals surface area contributed by atoms with Crippen molar-refractivity contribution in [1.82, 2.24) is 0 Å². The Hall–Kier alpha value is -1.41. The van der Waals surface area contributed by atoms with Crippen LogP contribution in [0.3, 0.4) is 0 Å². The van der Waals surface area contributed by atoms with Crippen molar-refractivity contribution >= 4 is 17.0 Å². The molecule has 1 aromatic carbocycles. The summed E-state index contributed by atoms with van der Waals surface area (Å²) in [7, 11) is 0. The van der Waals surface area contributed by atoms with Gasteiger partial charge in [-0.05, 0) is 44.7 Å². The van der Waals surface area contributed by atoms with Crippen LogP contribution in [0.5, 0.6) is 0 Å². The zero-order valence-electron chi connectivity index (χ0n) is 11.1. The summed E-state index contributed by atoms with van der Waals surface area (Å²) in [6.07, 6.45) is 3.39. The van der Waals surface area contributed by atoms with E-state index in [-0.39, 0.29) is 6.04 Å². The summed E-state index contributed by atoms with van der Waals surface area (Å²) in [6.45, 7) is 4.38. The molecule has 0 aromatic heterocycles. The van der Waals surface area contributed by atoms with E-state index >= 15 is 0 Å². The fourth-order valence-corrected chi connectivity index (χ4v) is 3.30. The minimum Gasteiger partial charge on any atom is -0.327 e. The first-order chi connectivity index (χ1) is 8.68. The van der Waals surface area contributed by atoms with Gasteiger partial charge in [0, 0.05) is 23.2 Å². The monoisotopic (exact) mass is 240 g/mol. The second-order valence-electron chi connectivity index (χ2n) is 5.57. The molecular formula is C16H20N2. The number of nitrogens with zero attached hydrogens (tertiary/aromatic N) is 1. The van der Waals surface area contributed by atoms with Crippen LogP contribution >= 0.6 is 0 Å². The van der Waals surface area contributed by atoms with E-state index in [1.807, 2.05) is 0 Å². The number of nitrogens with two attached hydrogens (primary N) is 1. The summed E-state index contributed by atoms with van der Waals surface area (Å²) in [5.41, 5.74) is 12.8. The first-order valence-corrected chi connectivity index (χ1v) is 6.78. The van der Waals surface area contributed by atoms with Crippen LogP contribution in [0.1, 0.15) is 38.7 Å². The molecule has 2 unspecified atom stereocenters. The van der Waals surface area contributed by atoms with Gasteiger partial charge in [0.25, 0.3) is 0 Å². The molecule has 1 aromatic rings. The number of hydrogen-bond donors (Lipinski definition) is 1. The molecule has 3 rings (SSSR count). The lowest BCUT2D eigenvalue weighted by Crippen LogP contribution is -2.41. The standard InChI is InChI=1S/C16H20N2/c1-10(2)15-11-6-3-4-8-13(11)18-14-9-5-7-12(17)16(14)15/h3-4,6,8,12,16H,5,7,9,17H2,1-2H3. The van der Waals surface area contributed by atoms with Gasteiger partial charge in [0.2, 0.25) is 0 Å². The maximum Gasteiger partial charge on any atom is 0.0704 e. The van der Waals surface area contributed by atoms with Crippen molar-refractivity contribution < 1.29 is 0 Å². The largest absolute Gasteiger partial charge is 0.327 e. The lowest BCUT2D eigenvalue weighted by atomic mass is 9.73. The lowest BCUT2D eigenvalue weighted by molar-refractivity contribution is 0.508. The van der Waals surface area contributed by atoms with Crippen LogP contribution in [0.2, 0.25) is 0 Å². The Kier molecular flexibility index (Phi) is 2.83. The molecule has 2 N–H and O–H groups in total. The van der Waals surface area contributed by atoms with Gasteiger partial charge in [0.15, 0.2) is 0 Å². The minimum absolute atomic E-state index is 0.232. The molecule has 0 saturated heterocycles. The van der Waals surface area contributed by atoms with Crippen LogP contribution in [0.4, 0.5) is 5.69 Å². The SMILES string of the molecule is CC(C)=C1c2ccccc2N=C2CCCC(N)C21. The van der Waals surface area contributed by atoms with Gasteiger partial charge in [-0.25, -0.2) is 0 Å². The van der Waals surface area contributed by atoms with Crippen molar-refractivity contribution in [1.29, 1.82) is 0 Å². The highest BCUT2D eigenvalue weighted by Crippen LogP contribution is 2.43. The van der Waals surface area contributed by atoms with E-state index < -0.39 is 0 Å². The first-order valence-electron chi connectivity index (χ1n) is 6.78. The maximum atomic E-state index is 6.36. The fourth-order valence-electron chi connectivity index (χ4n) is 3.30. The Morgan fingerprint density at radius 2 is 2.06 bits per heavy atom. The smallest absolute Gasteiger partial charge is 0.0704 e. The van der Waals surface area contributed by atoms with E-state index in [2.05, 4.69) is 38.1 Å². The molecule has 1 aliphatic carbocycles. The van der Waals surface area contributed by atoms with Crippen molar-refractivity contribution in [2.45, 2.75) is 39.2 Å². The van der Waals surface area contributed by atoms with E-state index in [9.17, 15) is 0 Å². The quantitative estimate of drug-likeness (QED) is 0.738. The third-order valence-corrected chi connectivity index (χ3v) is 4.07. The van der Waals surface area contributed by atoms with Crippen LogP contribution in [0.15, 0.2) is 34.8 Å². The van der Waals surface area contributed by atoms with Crippen molar-refractivity contribution in [3.05, 3.63) is 35.4 Å². The third kappa shape index (κ3) is 1.72. The molecule has 1 fully saturated rings. The fraction of sp³-hybridized carbons (Fsp3) is 0.438. The van der Waals surface area contributed by atoms with E-state index in [1.165, 1.54) is 28.8 Å². The molecular weight excluding hydrogens is 220 g/mol. The van der Waals surface area contributed by atoms with Gasteiger partial charge >= 0.3 is 0 Å². The Balaban J connectivity index is 2.23. The normalized spacial score (nSPS) is 26.2. The highest BCUT2D eigenvalue weighted by Gasteiger charge is 2.35. The number of hydrogen-bond acceptors (Lipinski definition) is 2. The average molecular weight is 240 g/mol. The molecule has 94 valence electrons. The van der Waals surface area contributed by atoms with Gasteiger partial charge in [0.05, 0.1) is 5.69 Å². The van der Waals surface area contributed by atoms with Crippen LogP contribution in [0, 0.1) is 5.92 Å². The van der Waals surface area contributed by atoms with Crippen LogP contribution in [0.25, 0.3) is 5.57 Å². The number of para-hydroxylation sites is 1. The Bertz CT molecular complexity index is 536. The predicted molar refractivity (Wildman–Crippen MR) is 77.1 cm³/mol. The van der Waals surface area contributed by atoms with Crippen molar-refractivity contribution in [2.24, 2.45) is 16.6 Å². The minimum atomic E-state index is 0.232. The molecule has 0 amide bonds. The molecule has 18 heavy (non-hydrogen) atoms. The van der Waals surface area contributed by atoms with Crippen molar-refractivity contribution in [3.63, 3.8) is 0 Å². The zero-order valence-corrected chi connectivity index (χ0v) is 11.1. The van der Waals surface area contributed by atoms with Gasteiger partial charge in [-0.2, -0.15) is 0 Å². The predicted octanol–water partition coefficient (Wildman–Crippen LogP) is 3.69. The second kappa shape index (κ2) is 4.36. The zero-order chi connectivity index (χ0) is 12.7. The molecule has 0 spiro atoms. The number of rotatable bonds is 0. The van der Waals surface area contributed by atoms with Gasteiger partial charge in [-0.15, -0.1) is 0 Å². The molecule has 0 radical (unpaired) electrons. The highest BCUT2D eigenvalue weighted by atomic mass is 14.8. The van der Waals surface area contributed by atoms with Crippen LogP contribution < -0.4 is 5.73 Å². The molecule has 1 heterocycles. The highest BCUT2D eigenvalue weighted by molar-refractivity contribution is 6.05. The van der Waals surface area contributed by atoms with E-state index in [0.717, 1.165) is 18.5 Å². The van der Waals surface area contributed by atoms with Crippen LogP contribution in [-0.2, 0) is 0 Å². The molecule has 2 atom stereocenters. The summed E-state index contributed by atoms with van der Waals surface area (Å²) in [6, 6.07) is 8.68. The Labute approximate surface area is 109 Å². The number of allylic oxidation sites excluding steroid dienone is 1. The second-order valence-corrected chi connectivity index (χ2v) is 5.57. The topological polar surface area (TPSA) is 38.4 Å². The van der Waals surface area contributed by atoms with Crippen LogP contribution in [-0.4, -0.2) is 11.8 Å². The van der Waals surface area contributed by atoms with Gasteiger partial charge in [-0.3, -0.25) is 4.99 Å². The summed E-state index contributed by atoms with van der Waals surface area (Å²) in [5.74, 6) is 0.346. The first kappa shape index (κ1) is 11.7. The van der Waals surface area contributed by atoms with E-state index in [4.69, 9.17) is 10.7 Å². The molecule has 1 saturated carbocycles. The van der Waals surface area contributed by atoms with Gasteiger partial charge in [-0.1, -0.05) is 23.8 Å².